The van der Waals surface area contributed by atoms with Crippen molar-refractivity contribution in [2.75, 3.05) is 36.0 Å². The number of carbonyl (C=O) groups is 1. The molecule has 1 amide bonds. The second-order valence-corrected chi connectivity index (χ2v) is 7.30. The van der Waals surface area contributed by atoms with Crippen molar-refractivity contribution in [3.05, 3.63) is 23.4 Å². The molecule has 22 heavy (non-hydrogen) atoms. The van der Waals surface area contributed by atoms with E-state index >= 15 is 0 Å². The van der Waals surface area contributed by atoms with E-state index in [0.29, 0.717) is 17.5 Å². The zero-order chi connectivity index (χ0) is 15.4. The molecule has 2 aliphatic rings. The number of carbonyl (C=O) groups excluding carboxylic acids is 1. The number of thioether (sulfide) groups is 1. The molecule has 0 bridgehead atoms. The lowest BCUT2D eigenvalue weighted by Crippen LogP contribution is -2.44. The van der Waals surface area contributed by atoms with E-state index < -0.39 is 0 Å². The van der Waals surface area contributed by atoms with Gasteiger partial charge in [0.25, 0.3) is 0 Å². The average Bonchev–Trinajstić information content (AvgIpc) is 2.97. The van der Waals surface area contributed by atoms with Crippen LogP contribution in [-0.2, 0) is 4.79 Å². The molecule has 0 aromatic carbocycles. The van der Waals surface area contributed by atoms with E-state index in [0.717, 1.165) is 43.4 Å². The van der Waals surface area contributed by atoms with Gasteiger partial charge in [-0.1, -0.05) is 11.6 Å². The predicted octanol–water partition coefficient (Wildman–Crippen LogP) is 1.52. The summed E-state index contributed by atoms with van der Waals surface area (Å²) in [5.74, 6) is 3.11. The Kier molecular flexibility index (Phi) is 5.44. The van der Waals surface area contributed by atoms with Gasteiger partial charge in [-0.3, -0.25) is 4.79 Å². The van der Waals surface area contributed by atoms with Gasteiger partial charge in [-0.15, -0.1) is 0 Å². The summed E-state index contributed by atoms with van der Waals surface area (Å²) in [6.45, 7) is 2.65. The maximum absolute atomic E-state index is 12.2. The molecule has 2 N–H and O–H groups in total. The molecule has 2 fully saturated rings. The van der Waals surface area contributed by atoms with E-state index in [1.54, 1.807) is 6.20 Å². The molecule has 3 rings (SSSR count). The Bertz CT molecular complexity index is 524. The fourth-order valence-corrected chi connectivity index (χ4v) is 4.13. The van der Waals surface area contributed by atoms with E-state index in [1.165, 1.54) is 0 Å². The fourth-order valence-electron chi connectivity index (χ4n) is 2.94. The maximum atomic E-state index is 12.2. The van der Waals surface area contributed by atoms with Gasteiger partial charge in [-0.05, 0) is 18.6 Å². The number of amides is 1. The first kappa shape index (κ1) is 15.9. The van der Waals surface area contributed by atoms with Crippen LogP contribution >= 0.6 is 23.4 Å². The van der Waals surface area contributed by atoms with Crippen LogP contribution in [0.4, 0.5) is 5.82 Å². The SMILES string of the molecule is O=C(CC1CSCCN1)NC1CCN(c2ncccc2Cl)C1. The Hall–Kier alpha value is -0.980. The monoisotopic (exact) mass is 340 g/mol. The van der Waals surface area contributed by atoms with Crippen LogP contribution in [0.5, 0.6) is 0 Å². The fraction of sp³-hybridized carbons (Fsp3) is 0.600. The summed E-state index contributed by atoms with van der Waals surface area (Å²) in [6.07, 6.45) is 3.25. The standard InChI is InChI=1S/C15H21ClN4OS/c16-13-2-1-4-18-15(13)20-6-3-11(9-20)19-14(21)8-12-10-22-7-5-17-12/h1-2,4,11-12,17H,3,5-10H2,(H,19,21). The van der Waals surface area contributed by atoms with Crippen molar-refractivity contribution < 1.29 is 4.79 Å². The molecule has 0 radical (unpaired) electrons. The molecule has 1 aromatic heterocycles. The predicted molar refractivity (Wildman–Crippen MR) is 91.7 cm³/mol. The molecule has 2 saturated heterocycles. The molecular formula is C15H21ClN4OS. The van der Waals surface area contributed by atoms with Crippen molar-refractivity contribution in [1.29, 1.82) is 0 Å². The zero-order valence-corrected chi connectivity index (χ0v) is 14.0. The van der Waals surface area contributed by atoms with Crippen LogP contribution in [0.3, 0.4) is 0 Å². The molecule has 3 heterocycles. The number of anilines is 1. The molecule has 7 heteroatoms. The third kappa shape index (κ3) is 4.06. The molecule has 2 atom stereocenters. The third-order valence-corrected chi connectivity index (χ3v) is 5.45. The zero-order valence-electron chi connectivity index (χ0n) is 12.4. The van der Waals surface area contributed by atoms with Crippen LogP contribution in [0.1, 0.15) is 12.8 Å². The molecular weight excluding hydrogens is 320 g/mol. The summed E-state index contributed by atoms with van der Waals surface area (Å²) >= 11 is 8.10. The molecule has 0 aliphatic carbocycles. The maximum Gasteiger partial charge on any atom is 0.221 e. The van der Waals surface area contributed by atoms with Crippen molar-refractivity contribution in [3.63, 3.8) is 0 Å². The minimum atomic E-state index is 0.138. The number of rotatable bonds is 4. The van der Waals surface area contributed by atoms with E-state index in [2.05, 4.69) is 20.5 Å². The van der Waals surface area contributed by atoms with Gasteiger partial charge >= 0.3 is 0 Å². The number of hydrogen-bond donors (Lipinski definition) is 2. The number of nitrogens with one attached hydrogen (secondary N) is 2. The second-order valence-electron chi connectivity index (χ2n) is 5.74. The summed E-state index contributed by atoms with van der Waals surface area (Å²) in [5, 5.41) is 7.21. The lowest BCUT2D eigenvalue weighted by atomic mass is 10.2. The van der Waals surface area contributed by atoms with Gasteiger partial charge in [0, 0.05) is 55.8 Å². The minimum absolute atomic E-state index is 0.138. The minimum Gasteiger partial charge on any atom is -0.353 e. The van der Waals surface area contributed by atoms with Crippen molar-refractivity contribution >= 4 is 35.1 Å². The van der Waals surface area contributed by atoms with E-state index in [9.17, 15) is 4.79 Å². The Morgan fingerprint density at radius 3 is 3.27 bits per heavy atom. The number of aromatic nitrogens is 1. The number of nitrogens with zero attached hydrogens (tertiary/aromatic N) is 2. The molecule has 0 saturated carbocycles. The van der Waals surface area contributed by atoms with Gasteiger partial charge in [-0.25, -0.2) is 4.98 Å². The van der Waals surface area contributed by atoms with Crippen LogP contribution in [0.2, 0.25) is 5.02 Å². The summed E-state index contributed by atoms with van der Waals surface area (Å²) in [4.78, 5) is 18.6. The van der Waals surface area contributed by atoms with Crippen molar-refractivity contribution in [2.45, 2.75) is 24.9 Å². The van der Waals surface area contributed by atoms with Crippen LogP contribution in [0, 0.1) is 0 Å². The van der Waals surface area contributed by atoms with E-state index in [4.69, 9.17) is 11.6 Å². The Labute approximate surface area is 140 Å². The van der Waals surface area contributed by atoms with Crippen molar-refractivity contribution in [1.82, 2.24) is 15.6 Å². The topological polar surface area (TPSA) is 57.3 Å². The second kappa shape index (κ2) is 7.53. The summed E-state index contributed by atoms with van der Waals surface area (Å²) in [5.41, 5.74) is 0. The first-order chi connectivity index (χ1) is 10.7. The highest BCUT2D eigenvalue weighted by Crippen LogP contribution is 2.25. The van der Waals surface area contributed by atoms with Crippen LogP contribution in [-0.4, -0.2) is 54.1 Å². The first-order valence-corrected chi connectivity index (χ1v) is 9.21. The molecule has 1 aromatic rings. The van der Waals surface area contributed by atoms with Gasteiger partial charge in [-0.2, -0.15) is 11.8 Å². The van der Waals surface area contributed by atoms with Crippen LogP contribution in [0.15, 0.2) is 18.3 Å². The number of pyridine rings is 1. The highest BCUT2D eigenvalue weighted by Gasteiger charge is 2.27. The van der Waals surface area contributed by atoms with Crippen molar-refractivity contribution in [3.8, 4) is 0 Å². The highest BCUT2D eigenvalue weighted by molar-refractivity contribution is 7.99. The van der Waals surface area contributed by atoms with Gasteiger partial charge < -0.3 is 15.5 Å². The van der Waals surface area contributed by atoms with Crippen LogP contribution < -0.4 is 15.5 Å². The smallest absolute Gasteiger partial charge is 0.221 e. The molecule has 120 valence electrons. The first-order valence-electron chi connectivity index (χ1n) is 7.68. The molecule has 2 unspecified atom stereocenters. The van der Waals surface area contributed by atoms with Crippen molar-refractivity contribution in [2.24, 2.45) is 0 Å². The summed E-state index contributed by atoms with van der Waals surface area (Å²) in [7, 11) is 0. The van der Waals surface area contributed by atoms with E-state index in [1.807, 2.05) is 23.9 Å². The lowest BCUT2D eigenvalue weighted by Gasteiger charge is -2.23. The lowest BCUT2D eigenvalue weighted by molar-refractivity contribution is -0.122. The van der Waals surface area contributed by atoms with Gasteiger partial charge in [0.15, 0.2) is 0 Å². The van der Waals surface area contributed by atoms with Crippen LogP contribution in [0.25, 0.3) is 0 Å². The molecule has 2 aliphatic heterocycles. The number of hydrogen-bond acceptors (Lipinski definition) is 5. The quantitative estimate of drug-likeness (QED) is 0.870. The molecule has 0 spiro atoms. The summed E-state index contributed by atoms with van der Waals surface area (Å²) in [6, 6.07) is 4.17. The Balaban J connectivity index is 1.48. The Morgan fingerprint density at radius 2 is 2.50 bits per heavy atom. The normalized spacial score (nSPS) is 25.2. The van der Waals surface area contributed by atoms with E-state index in [-0.39, 0.29) is 11.9 Å². The van der Waals surface area contributed by atoms with Gasteiger partial charge in [0.05, 0.1) is 5.02 Å². The number of halogens is 1. The largest absolute Gasteiger partial charge is 0.353 e. The Morgan fingerprint density at radius 1 is 1.59 bits per heavy atom. The van der Waals surface area contributed by atoms with Gasteiger partial charge in [0.1, 0.15) is 5.82 Å². The highest BCUT2D eigenvalue weighted by atomic mass is 35.5. The average molecular weight is 341 g/mol. The third-order valence-electron chi connectivity index (χ3n) is 4.02. The molecule has 5 nitrogen and oxygen atoms in total. The van der Waals surface area contributed by atoms with Gasteiger partial charge in [0.2, 0.25) is 5.91 Å². The summed E-state index contributed by atoms with van der Waals surface area (Å²) < 4.78 is 0.